The SMILES string of the molecule is CCN(CC)c1ccc(C(=O)N/N=C(\C)c2ccc(C#N)cc2)cc1. The lowest BCUT2D eigenvalue weighted by Gasteiger charge is -2.20. The summed E-state index contributed by atoms with van der Waals surface area (Å²) in [4.78, 5) is 14.4. The predicted octanol–water partition coefficient (Wildman–Crippen LogP) is 3.56. The molecule has 0 heterocycles. The predicted molar refractivity (Wildman–Crippen MR) is 101 cm³/mol. The second-order valence-electron chi connectivity index (χ2n) is 5.55. The molecular weight excluding hydrogens is 312 g/mol. The molecule has 1 N–H and O–H groups in total. The van der Waals surface area contributed by atoms with Gasteiger partial charge in [0.15, 0.2) is 0 Å². The number of nitriles is 1. The van der Waals surface area contributed by atoms with Gasteiger partial charge >= 0.3 is 0 Å². The second-order valence-corrected chi connectivity index (χ2v) is 5.55. The highest BCUT2D eigenvalue weighted by atomic mass is 16.2. The van der Waals surface area contributed by atoms with Gasteiger partial charge in [0.25, 0.3) is 5.91 Å². The number of rotatable bonds is 6. The Labute approximate surface area is 148 Å². The monoisotopic (exact) mass is 334 g/mol. The van der Waals surface area contributed by atoms with Gasteiger partial charge in [-0.3, -0.25) is 4.79 Å². The molecule has 0 fully saturated rings. The Hall–Kier alpha value is -3.13. The van der Waals surface area contributed by atoms with Crippen LogP contribution in [-0.2, 0) is 0 Å². The average molecular weight is 334 g/mol. The Morgan fingerprint density at radius 1 is 1.04 bits per heavy atom. The molecule has 0 atom stereocenters. The highest BCUT2D eigenvalue weighted by Crippen LogP contribution is 2.15. The van der Waals surface area contributed by atoms with E-state index < -0.39 is 0 Å². The number of amides is 1. The van der Waals surface area contributed by atoms with Crippen molar-refractivity contribution in [2.45, 2.75) is 20.8 Å². The van der Waals surface area contributed by atoms with Gasteiger partial charge in [-0.05, 0) is 62.7 Å². The first kappa shape index (κ1) is 18.2. The van der Waals surface area contributed by atoms with Crippen LogP contribution in [0.1, 0.15) is 42.3 Å². The molecule has 2 aromatic rings. The first-order chi connectivity index (χ1) is 12.1. The fraction of sp³-hybridized carbons (Fsp3) is 0.250. The molecule has 1 amide bonds. The second kappa shape index (κ2) is 8.65. The van der Waals surface area contributed by atoms with E-state index in [0.29, 0.717) is 16.8 Å². The Morgan fingerprint density at radius 2 is 1.60 bits per heavy atom. The van der Waals surface area contributed by atoms with E-state index in [1.54, 1.807) is 24.3 Å². The van der Waals surface area contributed by atoms with Crippen molar-refractivity contribution in [1.29, 1.82) is 5.26 Å². The first-order valence-corrected chi connectivity index (χ1v) is 8.29. The minimum atomic E-state index is -0.251. The fourth-order valence-corrected chi connectivity index (χ4v) is 2.46. The molecular formula is C20H22N4O. The average Bonchev–Trinajstić information content (AvgIpc) is 2.67. The van der Waals surface area contributed by atoms with Gasteiger partial charge in [-0.15, -0.1) is 0 Å². The van der Waals surface area contributed by atoms with E-state index in [1.165, 1.54) is 0 Å². The minimum Gasteiger partial charge on any atom is -0.372 e. The maximum atomic E-state index is 12.2. The summed E-state index contributed by atoms with van der Waals surface area (Å²) in [5.41, 5.74) is 6.36. The van der Waals surface area contributed by atoms with Crippen molar-refractivity contribution in [2.75, 3.05) is 18.0 Å². The summed E-state index contributed by atoms with van der Waals surface area (Å²) in [6.45, 7) is 7.87. The number of carbonyl (C=O) groups is 1. The third-order valence-corrected chi connectivity index (χ3v) is 4.02. The third-order valence-electron chi connectivity index (χ3n) is 4.02. The van der Waals surface area contributed by atoms with Crippen molar-refractivity contribution < 1.29 is 4.79 Å². The summed E-state index contributed by atoms with van der Waals surface area (Å²) in [5, 5.41) is 13.0. The van der Waals surface area contributed by atoms with Gasteiger partial charge in [0.05, 0.1) is 17.3 Å². The molecule has 0 aliphatic heterocycles. The van der Waals surface area contributed by atoms with Crippen molar-refractivity contribution in [2.24, 2.45) is 5.10 Å². The fourth-order valence-electron chi connectivity index (χ4n) is 2.46. The molecule has 5 nitrogen and oxygen atoms in total. The van der Waals surface area contributed by atoms with E-state index in [4.69, 9.17) is 5.26 Å². The number of nitrogens with one attached hydrogen (secondary N) is 1. The Kier molecular flexibility index (Phi) is 6.30. The summed E-state index contributed by atoms with van der Waals surface area (Å²) in [6.07, 6.45) is 0. The molecule has 5 heteroatoms. The van der Waals surface area contributed by atoms with Crippen LogP contribution in [0.15, 0.2) is 53.6 Å². The minimum absolute atomic E-state index is 0.251. The van der Waals surface area contributed by atoms with Crippen molar-refractivity contribution in [1.82, 2.24) is 5.43 Å². The van der Waals surface area contributed by atoms with Gasteiger partial charge in [0.1, 0.15) is 0 Å². The van der Waals surface area contributed by atoms with Gasteiger partial charge in [-0.1, -0.05) is 12.1 Å². The van der Waals surface area contributed by atoms with Gasteiger partial charge in [0.2, 0.25) is 0 Å². The van der Waals surface area contributed by atoms with Crippen molar-refractivity contribution >= 4 is 17.3 Å². The zero-order chi connectivity index (χ0) is 18.2. The molecule has 0 bridgehead atoms. The normalized spacial score (nSPS) is 10.9. The molecule has 0 aliphatic rings. The van der Waals surface area contributed by atoms with Gasteiger partial charge in [-0.2, -0.15) is 10.4 Å². The summed E-state index contributed by atoms with van der Waals surface area (Å²) in [6, 6.07) is 16.6. The summed E-state index contributed by atoms with van der Waals surface area (Å²) in [7, 11) is 0. The van der Waals surface area contributed by atoms with Crippen LogP contribution in [0.4, 0.5) is 5.69 Å². The van der Waals surface area contributed by atoms with Crippen LogP contribution in [0.5, 0.6) is 0 Å². The van der Waals surface area contributed by atoms with E-state index in [1.807, 2.05) is 31.2 Å². The Balaban J connectivity index is 2.04. The number of benzene rings is 2. The quantitative estimate of drug-likeness (QED) is 0.649. The van der Waals surface area contributed by atoms with Crippen molar-refractivity contribution in [3.63, 3.8) is 0 Å². The Morgan fingerprint density at radius 3 is 2.12 bits per heavy atom. The largest absolute Gasteiger partial charge is 0.372 e. The molecule has 0 spiro atoms. The molecule has 0 saturated carbocycles. The van der Waals surface area contributed by atoms with Crippen LogP contribution in [0.3, 0.4) is 0 Å². The van der Waals surface area contributed by atoms with Crippen LogP contribution in [0.25, 0.3) is 0 Å². The van der Waals surface area contributed by atoms with Crippen LogP contribution in [-0.4, -0.2) is 24.7 Å². The lowest BCUT2D eigenvalue weighted by Crippen LogP contribution is -2.22. The maximum absolute atomic E-state index is 12.2. The summed E-state index contributed by atoms with van der Waals surface area (Å²) < 4.78 is 0. The van der Waals surface area contributed by atoms with E-state index in [0.717, 1.165) is 24.3 Å². The summed E-state index contributed by atoms with van der Waals surface area (Å²) in [5.74, 6) is -0.251. The van der Waals surface area contributed by atoms with Crippen LogP contribution >= 0.6 is 0 Å². The lowest BCUT2D eigenvalue weighted by molar-refractivity contribution is 0.0955. The van der Waals surface area contributed by atoms with E-state index in [2.05, 4.69) is 35.3 Å². The zero-order valence-corrected chi connectivity index (χ0v) is 14.8. The lowest BCUT2D eigenvalue weighted by atomic mass is 10.1. The highest BCUT2D eigenvalue weighted by Gasteiger charge is 2.07. The van der Waals surface area contributed by atoms with Crippen LogP contribution in [0.2, 0.25) is 0 Å². The molecule has 2 rings (SSSR count). The number of hydrogen-bond donors (Lipinski definition) is 1. The number of carbonyl (C=O) groups excluding carboxylic acids is 1. The molecule has 0 aliphatic carbocycles. The number of nitrogens with zero attached hydrogens (tertiary/aromatic N) is 3. The van der Waals surface area contributed by atoms with E-state index in [9.17, 15) is 4.79 Å². The summed E-state index contributed by atoms with van der Waals surface area (Å²) >= 11 is 0. The van der Waals surface area contributed by atoms with Crippen molar-refractivity contribution in [3.8, 4) is 6.07 Å². The highest BCUT2D eigenvalue weighted by molar-refractivity contribution is 6.01. The number of anilines is 1. The van der Waals surface area contributed by atoms with Gasteiger partial charge in [0, 0.05) is 24.3 Å². The number of hydrogen-bond acceptors (Lipinski definition) is 4. The van der Waals surface area contributed by atoms with Crippen LogP contribution < -0.4 is 10.3 Å². The molecule has 128 valence electrons. The Bertz CT molecular complexity index is 782. The van der Waals surface area contributed by atoms with E-state index >= 15 is 0 Å². The molecule has 0 aromatic heterocycles. The van der Waals surface area contributed by atoms with Gasteiger partial charge in [-0.25, -0.2) is 5.43 Å². The van der Waals surface area contributed by atoms with Gasteiger partial charge < -0.3 is 4.90 Å². The molecule has 0 radical (unpaired) electrons. The van der Waals surface area contributed by atoms with Crippen molar-refractivity contribution in [3.05, 3.63) is 65.2 Å². The maximum Gasteiger partial charge on any atom is 0.271 e. The van der Waals surface area contributed by atoms with E-state index in [-0.39, 0.29) is 5.91 Å². The topological polar surface area (TPSA) is 68.5 Å². The zero-order valence-electron chi connectivity index (χ0n) is 14.8. The smallest absolute Gasteiger partial charge is 0.271 e. The molecule has 0 unspecified atom stereocenters. The standard InChI is InChI=1S/C20H22N4O/c1-4-24(5-2)19-12-10-18(11-13-19)20(25)23-22-15(3)17-8-6-16(14-21)7-9-17/h6-13H,4-5H2,1-3H3,(H,23,25)/b22-15+. The third kappa shape index (κ3) is 4.67. The van der Waals surface area contributed by atoms with Crippen LogP contribution in [0, 0.1) is 11.3 Å². The molecule has 2 aromatic carbocycles. The molecule has 0 saturated heterocycles. The molecule has 25 heavy (non-hydrogen) atoms. The first-order valence-electron chi connectivity index (χ1n) is 8.29. The number of hydrazone groups is 1.